The zero-order valence-electron chi connectivity index (χ0n) is 19.8. The van der Waals surface area contributed by atoms with Gasteiger partial charge in [-0.15, -0.1) is 0 Å². The monoisotopic (exact) mass is 711 g/mol. The van der Waals surface area contributed by atoms with E-state index in [9.17, 15) is 54.9 Å². The molecule has 1 N–H and O–H groups in total. The predicted octanol–water partition coefficient (Wildman–Crippen LogP) is 4.55. The lowest BCUT2D eigenvalue weighted by Gasteiger charge is -2.20. The van der Waals surface area contributed by atoms with Crippen molar-refractivity contribution in [1.29, 1.82) is 0 Å². The molecule has 0 bridgehead atoms. The molecular weight excluding hydrogens is 696 g/mol. The van der Waals surface area contributed by atoms with Crippen LogP contribution in [0.25, 0.3) is 0 Å². The van der Waals surface area contributed by atoms with E-state index >= 15 is 0 Å². The maximum absolute atomic E-state index is 13.8. The fourth-order valence-corrected chi connectivity index (χ4v) is 3.58. The molecule has 0 radical (unpaired) electrons. The van der Waals surface area contributed by atoms with Crippen LogP contribution in [0.5, 0.6) is 11.5 Å². The van der Waals surface area contributed by atoms with Gasteiger partial charge in [-0.25, -0.2) is 9.59 Å². The van der Waals surface area contributed by atoms with E-state index in [1.165, 1.54) is 6.07 Å². The summed E-state index contributed by atoms with van der Waals surface area (Å²) < 4.78 is 111. The van der Waals surface area contributed by atoms with E-state index in [1.807, 2.05) is 0 Å². The average molecular weight is 711 g/mol. The number of halogens is 6. The summed E-state index contributed by atoms with van der Waals surface area (Å²) in [6, 6.07) is 5.23. The molecule has 0 heterocycles. The second-order valence-corrected chi connectivity index (χ2v) is 10.5. The molecule has 40 heavy (non-hydrogen) atoms. The second kappa shape index (κ2) is 12.0. The number of carbonyl (C=O) groups is 3. The van der Waals surface area contributed by atoms with Crippen LogP contribution in [-0.4, -0.2) is 53.3 Å². The lowest BCUT2D eigenvalue weighted by atomic mass is 10.1. The third kappa shape index (κ3) is 7.59. The molecule has 0 aromatic heterocycles. The summed E-state index contributed by atoms with van der Waals surface area (Å²) in [5, 5.41) is 6.31. The maximum atomic E-state index is 13.8. The molecule has 0 spiro atoms. The van der Waals surface area contributed by atoms with Crippen molar-refractivity contribution in [2.75, 3.05) is 0 Å². The molecule has 0 saturated heterocycles. The molecule has 0 fully saturated rings. The maximum Gasteiger partial charge on any atom is 0.405 e. The number of benzene rings is 2. The first-order chi connectivity index (χ1) is 18.2. The van der Waals surface area contributed by atoms with Gasteiger partial charge in [-0.05, 0) is 60.7 Å². The number of ether oxygens (including phenoxy) is 3. The lowest BCUT2D eigenvalue weighted by molar-refractivity contribution is -0.385. The molecule has 2 aromatic rings. The second-order valence-electron chi connectivity index (χ2n) is 7.73. The topological polar surface area (TPSA) is 176 Å². The molecule has 2 unspecified atom stereocenters. The van der Waals surface area contributed by atoms with Gasteiger partial charge in [0.2, 0.25) is 0 Å². The summed E-state index contributed by atoms with van der Waals surface area (Å²) in [7, 11) is -6.05. The summed E-state index contributed by atoms with van der Waals surface area (Å²) in [5.74, 6) is -8.84. The van der Waals surface area contributed by atoms with E-state index in [-0.39, 0.29) is 0 Å². The van der Waals surface area contributed by atoms with Crippen molar-refractivity contribution in [2.24, 2.45) is 5.92 Å². The Hall–Kier alpha value is -3.46. The smallest absolute Gasteiger partial charge is 0.405 e. The molecule has 2 aromatic carbocycles. The van der Waals surface area contributed by atoms with Crippen LogP contribution in [0.3, 0.4) is 0 Å². The van der Waals surface area contributed by atoms with Gasteiger partial charge < -0.3 is 14.2 Å². The van der Waals surface area contributed by atoms with Crippen LogP contribution < -0.4 is 9.47 Å². The first-order valence-corrected chi connectivity index (χ1v) is 12.8. The minimum absolute atomic E-state index is 0.327. The number of nitrogens with zero attached hydrogens (tertiary/aromatic N) is 1. The van der Waals surface area contributed by atoms with Crippen LogP contribution in [0.4, 0.5) is 27.6 Å². The first kappa shape index (κ1) is 32.8. The van der Waals surface area contributed by atoms with Gasteiger partial charge in [0.05, 0.1) is 4.92 Å². The van der Waals surface area contributed by atoms with Gasteiger partial charge in [0.1, 0.15) is 28.5 Å². The molecule has 0 aliphatic carbocycles. The Morgan fingerprint density at radius 2 is 1.57 bits per heavy atom. The van der Waals surface area contributed by atoms with Gasteiger partial charge in [0.15, 0.2) is 6.10 Å². The number of alkyl halides is 5. The van der Waals surface area contributed by atoms with E-state index in [4.69, 9.17) is 14.0 Å². The quantitative estimate of drug-likeness (QED) is 0.0735. The molecule has 0 amide bonds. The largest absolute Gasteiger partial charge is 0.451 e. The number of esters is 3. The Bertz CT molecular complexity index is 1460. The zero-order valence-corrected chi connectivity index (χ0v) is 22.7. The van der Waals surface area contributed by atoms with Gasteiger partial charge in [0, 0.05) is 15.7 Å². The Balaban J connectivity index is 2.40. The highest BCUT2D eigenvalue weighted by Crippen LogP contribution is 2.32. The SMILES string of the molecule is CC(C(=O)Oc1cc(I)ccc1C(=O)Oc1ccc([N+](=O)[O-])c(C(=O)OC(C)C(F)(F)S(=O)(=O)O)c1)C(F)(F)F. The summed E-state index contributed by atoms with van der Waals surface area (Å²) in [6.07, 6.45) is -7.78. The van der Waals surface area contributed by atoms with Crippen molar-refractivity contribution < 1.29 is 68.4 Å². The normalized spacial score (nSPS) is 13.6. The number of rotatable bonds is 9. The fraction of sp³-hybridized carbons (Fsp3) is 0.286. The molecule has 0 aliphatic rings. The fourth-order valence-electron chi connectivity index (χ4n) is 2.65. The Kier molecular flexibility index (Phi) is 9.79. The third-order valence-corrected chi connectivity index (χ3v) is 6.61. The first-order valence-electron chi connectivity index (χ1n) is 10.3. The number of carbonyl (C=O) groups excluding carboxylic acids is 3. The predicted molar refractivity (Wildman–Crippen MR) is 129 cm³/mol. The van der Waals surface area contributed by atoms with Crippen LogP contribution in [0.1, 0.15) is 34.6 Å². The Morgan fingerprint density at radius 3 is 2.10 bits per heavy atom. The molecule has 2 rings (SSSR count). The standard InChI is InChI=1S/C21H15F5INO11S/c1-9(20(22,23)24)17(29)39-16-7-11(27)3-5-13(16)18(30)38-12-4-6-15(28(32)33)14(8-12)19(31)37-10(2)21(25,26)40(34,35)36/h3-10H,1-2H3,(H,34,35,36). The lowest BCUT2D eigenvalue weighted by Crippen LogP contribution is -2.42. The highest BCUT2D eigenvalue weighted by Gasteiger charge is 2.52. The van der Waals surface area contributed by atoms with Crippen molar-refractivity contribution >= 4 is 56.3 Å². The van der Waals surface area contributed by atoms with Crippen LogP contribution in [0.15, 0.2) is 36.4 Å². The highest BCUT2D eigenvalue weighted by molar-refractivity contribution is 14.1. The molecule has 0 saturated carbocycles. The minimum atomic E-state index is -6.05. The molecule has 2 atom stereocenters. The van der Waals surface area contributed by atoms with Crippen molar-refractivity contribution in [3.8, 4) is 11.5 Å². The molecule has 12 nitrogen and oxygen atoms in total. The van der Waals surface area contributed by atoms with Crippen LogP contribution in [-0.2, 0) is 19.6 Å². The van der Waals surface area contributed by atoms with Crippen molar-refractivity contribution in [1.82, 2.24) is 0 Å². The number of nitro groups is 1. The molecule has 0 aliphatic heterocycles. The van der Waals surface area contributed by atoms with Gasteiger partial charge in [0.25, 0.3) is 5.69 Å². The Labute approximate surface area is 234 Å². The van der Waals surface area contributed by atoms with E-state index in [0.717, 1.165) is 18.2 Å². The Morgan fingerprint density at radius 1 is 0.975 bits per heavy atom. The molecule has 19 heteroatoms. The average Bonchev–Trinajstić information content (AvgIpc) is 2.81. The number of nitro benzene ring substituents is 1. The summed E-state index contributed by atoms with van der Waals surface area (Å²) >= 11 is 1.70. The minimum Gasteiger partial charge on any atom is -0.451 e. The van der Waals surface area contributed by atoms with E-state index in [0.29, 0.717) is 29.6 Å². The highest BCUT2D eigenvalue weighted by atomic mass is 127. The van der Waals surface area contributed by atoms with Gasteiger partial charge in [-0.2, -0.15) is 30.4 Å². The summed E-state index contributed by atoms with van der Waals surface area (Å²) in [4.78, 5) is 47.2. The molecular formula is C21H15F5INO11S. The van der Waals surface area contributed by atoms with Crippen LogP contribution in [0.2, 0.25) is 0 Å². The summed E-state index contributed by atoms with van der Waals surface area (Å²) in [5.41, 5.74) is -2.70. The van der Waals surface area contributed by atoms with Crippen LogP contribution in [0, 0.1) is 19.6 Å². The van der Waals surface area contributed by atoms with Gasteiger partial charge in [-0.3, -0.25) is 19.5 Å². The number of hydrogen-bond acceptors (Lipinski definition) is 10. The van der Waals surface area contributed by atoms with Crippen LogP contribution >= 0.6 is 22.6 Å². The van der Waals surface area contributed by atoms with Crippen molar-refractivity contribution in [3.05, 3.63) is 61.2 Å². The van der Waals surface area contributed by atoms with Crippen molar-refractivity contribution in [3.63, 3.8) is 0 Å². The van der Waals surface area contributed by atoms with E-state index < -0.39 is 84.7 Å². The zero-order chi connectivity index (χ0) is 30.8. The molecule has 218 valence electrons. The van der Waals surface area contributed by atoms with Gasteiger partial charge >= 0.3 is 39.5 Å². The van der Waals surface area contributed by atoms with E-state index in [1.54, 1.807) is 22.6 Å². The van der Waals surface area contributed by atoms with E-state index in [2.05, 4.69) is 4.74 Å². The third-order valence-electron chi connectivity index (χ3n) is 4.91. The summed E-state index contributed by atoms with van der Waals surface area (Å²) in [6.45, 7) is 0.902. The number of hydrogen-bond donors (Lipinski definition) is 1. The van der Waals surface area contributed by atoms with Gasteiger partial charge in [-0.1, -0.05) is 0 Å². The van der Waals surface area contributed by atoms with Crippen molar-refractivity contribution in [2.45, 2.75) is 31.4 Å².